The molecule has 146 valence electrons. The largest absolute Gasteiger partial charge is 0.387 e. The zero-order valence-electron chi connectivity index (χ0n) is 14.2. The summed E-state index contributed by atoms with van der Waals surface area (Å²) in [5, 5.41) is 32.0. The van der Waals surface area contributed by atoms with Gasteiger partial charge in [0.2, 0.25) is 0 Å². The van der Waals surface area contributed by atoms with Crippen molar-refractivity contribution < 1.29 is 19.9 Å². The van der Waals surface area contributed by atoms with Gasteiger partial charge in [-0.15, -0.1) is 11.8 Å². The SMILES string of the molecule is Nc1ncnc2c1ncn2[C@@H]1O[C@H](CSc2ccc([N+](=O)[O-])cn2)[C@@H](O)[C@H]1O. The molecule has 4 heterocycles. The summed E-state index contributed by atoms with van der Waals surface area (Å²) in [5.41, 5.74) is 6.42. The fourth-order valence-electron chi connectivity index (χ4n) is 2.89. The molecule has 0 amide bonds. The van der Waals surface area contributed by atoms with Crippen molar-refractivity contribution in [1.29, 1.82) is 0 Å². The molecule has 1 aliphatic rings. The van der Waals surface area contributed by atoms with E-state index >= 15 is 0 Å². The van der Waals surface area contributed by atoms with Crippen LogP contribution in [-0.2, 0) is 4.74 Å². The normalized spacial score (nSPS) is 24.6. The van der Waals surface area contributed by atoms with E-state index in [4.69, 9.17) is 10.5 Å². The van der Waals surface area contributed by atoms with E-state index in [9.17, 15) is 20.3 Å². The molecular weight excluding hydrogens is 390 g/mol. The van der Waals surface area contributed by atoms with E-state index in [1.54, 1.807) is 0 Å². The van der Waals surface area contributed by atoms with Gasteiger partial charge in [-0.2, -0.15) is 0 Å². The van der Waals surface area contributed by atoms with Gasteiger partial charge in [0.25, 0.3) is 5.69 Å². The number of aliphatic hydroxyl groups excluding tert-OH is 2. The van der Waals surface area contributed by atoms with E-state index in [2.05, 4.69) is 19.9 Å². The lowest BCUT2D eigenvalue weighted by Gasteiger charge is -2.16. The lowest BCUT2D eigenvalue weighted by Crippen LogP contribution is -2.32. The number of nitrogen functional groups attached to an aromatic ring is 1. The number of hydrogen-bond acceptors (Lipinski definition) is 11. The molecule has 28 heavy (non-hydrogen) atoms. The zero-order chi connectivity index (χ0) is 19.8. The van der Waals surface area contributed by atoms with Gasteiger partial charge < -0.3 is 20.7 Å². The maximum Gasteiger partial charge on any atom is 0.287 e. The van der Waals surface area contributed by atoms with Crippen molar-refractivity contribution >= 4 is 34.4 Å². The number of nitro groups is 1. The number of anilines is 1. The van der Waals surface area contributed by atoms with Gasteiger partial charge in [-0.1, -0.05) is 0 Å². The first kappa shape index (κ1) is 18.5. The van der Waals surface area contributed by atoms with Crippen LogP contribution in [0.2, 0.25) is 0 Å². The summed E-state index contributed by atoms with van der Waals surface area (Å²) >= 11 is 1.25. The summed E-state index contributed by atoms with van der Waals surface area (Å²) in [6.07, 6.45) is -0.0852. The van der Waals surface area contributed by atoms with E-state index in [1.807, 2.05) is 0 Å². The average molecular weight is 405 g/mol. The molecular formula is C15H15N7O5S. The molecule has 12 nitrogen and oxygen atoms in total. The highest BCUT2D eigenvalue weighted by molar-refractivity contribution is 7.99. The topological polar surface area (TPSA) is 175 Å². The van der Waals surface area contributed by atoms with Crippen molar-refractivity contribution in [2.24, 2.45) is 0 Å². The molecule has 1 saturated heterocycles. The van der Waals surface area contributed by atoms with E-state index in [0.717, 1.165) is 6.20 Å². The zero-order valence-corrected chi connectivity index (χ0v) is 15.0. The van der Waals surface area contributed by atoms with Crippen LogP contribution in [0, 0.1) is 10.1 Å². The predicted octanol–water partition coefficient (Wildman–Crippen LogP) is 0.123. The molecule has 4 rings (SSSR count). The minimum Gasteiger partial charge on any atom is -0.387 e. The number of imidazole rings is 1. The molecule has 3 aromatic rings. The molecule has 0 unspecified atom stereocenters. The summed E-state index contributed by atoms with van der Waals surface area (Å²) in [5.74, 6) is 0.483. The van der Waals surface area contributed by atoms with Crippen molar-refractivity contribution in [3.63, 3.8) is 0 Å². The van der Waals surface area contributed by atoms with Crippen LogP contribution in [0.4, 0.5) is 11.5 Å². The third kappa shape index (κ3) is 3.24. The second-order valence-corrected chi connectivity index (χ2v) is 7.09. The number of ether oxygens (including phenoxy) is 1. The second-order valence-electron chi connectivity index (χ2n) is 6.05. The molecule has 0 aliphatic carbocycles. The molecule has 13 heteroatoms. The first-order valence-electron chi connectivity index (χ1n) is 8.13. The Morgan fingerprint density at radius 2 is 2.07 bits per heavy atom. The van der Waals surface area contributed by atoms with E-state index < -0.39 is 29.5 Å². The Labute approximate surface area is 161 Å². The Balaban J connectivity index is 1.48. The average Bonchev–Trinajstić information content (AvgIpc) is 3.23. The number of thioether (sulfide) groups is 1. The molecule has 0 aromatic carbocycles. The smallest absolute Gasteiger partial charge is 0.287 e. The molecule has 0 saturated carbocycles. The van der Waals surface area contributed by atoms with Gasteiger partial charge in [0.05, 0.1) is 22.4 Å². The molecule has 4 N–H and O–H groups in total. The molecule has 1 aliphatic heterocycles. The van der Waals surface area contributed by atoms with Crippen LogP contribution in [0.5, 0.6) is 0 Å². The van der Waals surface area contributed by atoms with Crippen LogP contribution in [0.1, 0.15) is 6.23 Å². The lowest BCUT2D eigenvalue weighted by atomic mass is 10.1. The number of pyridine rings is 1. The van der Waals surface area contributed by atoms with E-state index in [-0.39, 0.29) is 17.3 Å². The number of nitrogens with zero attached hydrogens (tertiary/aromatic N) is 6. The van der Waals surface area contributed by atoms with Crippen LogP contribution < -0.4 is 5.73 Å². The van der Waals surface area contributed by atoms with E-state index in [0.29, 0.717) is 16.2 Å². The van der Waals surface area contributed by atoms with Gasteiger partial charge in [-0.05, 0) is 6.07 Å². The molecule has 0 spiro atoms. The van der Waals surface area contributed by atoms with Crippen LogP contribution >= 0.6 is 11.8 Å². The third-order valence-corrected chi connectivity index (χ3v) is 5.36. The van der Waals surface area contributed by atoms with Crippen LogP contribution in [-0.4, -0.2) is 63.7 Å². The van der Waals surface area contributed by atoms with Gasteiger partial charge >= 0.3 is 0 Å². The van der Waals surface area contributed by atoms with Gasteiger partial charge in [0.1, 0.15) is 30.2 Å². The van der Waals surface area contributed by atoms with Crippen LogP contribution in [0.3, 0.4) is 0 Å². The quantitative estimate of drug-likeness (QED) is 0.298. The van der Waals surface area contributed by atoms with Gasteiger partial charge in [0.15, 0.2) is 17.7 Å². The standard InChI is InChI=1S/C15H15N7O5S/c16-13-10-14(19-5-18-13)21(6-20-10)15-12(24)11(23)8(27-15)4-28-9-2-1-7(3-17-9)22(25)26/h1-3,5-6,8,11-12,15,23-24H,4H2,(H2,16,18,19)/t8-,11-,12-,15-/m1/s1. The summed E-state index contributed by atoms with van der Waals surface area (Å²) in [4.78, 5) is 26.3. The highest BCUT2D eigenvalue weighted by atomic mass is 32.2. The van der Waals surface area contributed by atoms with Crippen molar-refractivity contribution in [1.82, 2.24) is 24.5 Å². The number of rotatable bonds is 5. The Bertz CT molecular complexity index is 1010. The van der Waals surface area contributed by atoms with Gasteiger partial charge in [-0.3, -0.25) is 14.7 Å². The predicted molar refractivity (Wildman–Crippen MR) is 97.3 cm³/mol. The Morgan fingerprint density at radius 3 is 2.79 bits per heavy atom. The fraction of sp³-hybridized carbons (Fsp3) is 0.333. The number of aliphatic hydroxyl groups is 2. The van der Waals surface area contributed by atoms with Gasteiger partial charge in [-0.25, -0.2) is 19.9 Å². The Morgan fingerprint density at radius 1 is 1.25 bits per heavy atom. The van der Waals surface area contributed by atoms with Gasteiger partial charge in [0, 0.05) is 11.8 Å². The number of aromatic nitrogens is 5. The summed E-state index contributed by atoms with van der Waals surface area (Å²) in [6.45, 7) is 0. The molecule has 0 radical (unpaired) electrons. The maximum atomic E-state index is 10.7. The Kier molecular flexibility index (Phi) is 4.80. The van der Waals surface area contributed by atoms with Crippen molar-refractivity contribution in [3.05, 3.63) is 41.1 Å². The number of fused-ring (bicyclic) bond motifs is 1. The minimum atomic E-state index is -1.20. The summed E-state index contributed by atoms with van der Waals surface area (Å²) < 4.78 is 7.32. The van der Waals surface area contributed by atoms with Crippen molar-refractivity contribution in [3.8, 4) is 0 Å². The van der Waals surface area contributed by atoms with Crippen LogP contribution in [0.25, 0.3) is 11.2 Å². The molecule has 1 fully saturated rings. The van der Waals surface area contributed by atoms with E-state index in [1.165, 1.54) is 41.1 Å². The van der Waals surface area contributed by atoms with Crippen LogP contribution in [0.15, 0.2) is 36.0 Å². The number of nitrogens with two attached hydrogens (primary N) is 1. The highest BCUT2D eigenvalue weighted by Gasteiger charge is 2.44. The monoisotopic (exact) mass is 405 g/mol. The molecule has 3 aromatic heterocycles. The second kappa shape index (κ2) is 7.27. The van der Waals surface area contributed by atoms with Crippen molar-refractivity contribution in [2.45, 2.75) is 29.6 Å². The molecule has 0 bridgehead atoms. The van der Waals surface area contributed by atoms with Crippen molar-refractivity contribution in [2.75, 3.05) is 11.5 Å². The third-order valence-electron chi connectivity index (χ3n) is 4.33. The lowest BCUT2D eigenvalue weighted by molar-refractivity contribution is -0.385. The maximum absolute atomic E-state index is 10.7. The summed E-state index contributed by atoms with van der Waals surface area (Å²) in [6, 6.07) is 2.86. The fourth-order valence-corrected chi connectivity index (χ4v) is 3.79. The first-order valence-corrected chi connectivity index (χ1v) is 9.12. The summed E-state index contributed by atoms with van der Waals surface area (Å²) in [7, 11) is 0. The Hall–Kier alpha value is -2.87. The minimum absolute atomic E-state index is 0.106. The molecule has 4 atom stereocenters. The number of hydrogen-bond donors (Lipinski definition) is 3. The first-order chi connectivity index (χ1) is 13.5. The highest BCUT2D eigenvalue weighted by Crippen LogP contribution is 2.34.